The first-order valence-electron chi connectivity index (χ1n) is 9.10. The number of aliphatic imine (C=N–C) groups is 1. The van der Waals surface area contributed by atoms with Gasteiger partial charge in [0.2, 0.25) is 5.91 Å². The summed E-state index contributed by atoms with van der Waals surface area (Å²) in [5.74, 6) is -1.54. The monoisotopic (exact) mass is 373 g/mol. The summed E-state index contributed by atoms with van der Waals surface area (Å²) in [6, 6.07) is 7.28. The molecule has 1 unspecified atom stereocenters. The fourth-order valence-electron chi connectivity index (χ4n) is 3.56. The molecule has 4 rings (SSSR count). The van der Waals surface area contributed by atoms with E-state index >= 15 is 0 Å². The molecule has 2 aromatic rings. The zero-order valence-electron chi connectivity index (χ0n) is 15.5. The summed E-state index contributed by atoms with van der Waals surface area (Å²) in [5.41, 5.74) is 3.10. The summed E-state index contributed by atoms with van der Waals surface area (Å²) < 4.78 is 0. The van der Waals surface area contributed by atoms with Crippen LogP contribution in [0.2, 0.25) is 0 Å². The second-order valence-electron chi connectivity index (χ2n) is 7.14. The van der Waals surface area contributed by atoms with Crippen molar-refractivity contribution in [3.05, 3.63) is 71.6 Å². The molecular formula is C22H19N3O3. The number of ketones is 1. The minimum atomic E-state index is -0.846. The van der Waals surface area contributed by atoms with Gasteiger partial charge in [-0.25, -0.2) is 4.99 Å². The van der Waals surface area contributed by atoms with Gasteiger partial charge in [0.25, 0.3) is 5.78 Å². The number of para-hydroxylation sites is 1. The van der Waals surface area contributed by atoms with Crippen LogP contribution in [-0.4, -0.2) is 28.3 Å². The van der Waals surface area contributed by atoms with E-state index in [2.05, 4.69) is 15.3 Å². The number of rotatable bonds is 3. The van der Waals surface area contributed by atoms with Crippen molar-refractivity contribution in [1.82, 2.24) is 10.3 Å². The van der Waals surface area contributed by atoms with E-state index in [0.717, 1.165) is 11.1 Å². The number of nitrogens with zero attached hydrogens (tertiary/aromatic N) is 1. The van der Waals surface area contributed by atoms with E-state index in [4.69, 9.17) is 0 Å². The highest BCUT2D eigenvalue weighted by Gasteiger charge is 2.28. The molecule has 6 nitrogen and oxygen atoms in total. The molecule has 1 aromatic carbocycles. The van der Waals surface area contributed by atoms with Crippen LogP contribution in [0.4, 0.5) is 0 Å². The molecule has 1 aromatic heterocycles. The van der Waals surface area contributed by atoms with Crippen molar-refractivity contribution in [3.63, 3.8) is 0 Å². The number of amides is 2. The highest BCUT2D eigenvalue weighted by Crippen LogP contribution is 2.31. The summed E-state index contributed by atoms with van der Waals surface area (Å²) in [4.78, 5) is 43.9. The number of allylic oxidation sites excluding steroid dienone is 3. The third-order valence-electron chi connectivity index (χ3n) is 4.95. The predicted molar refractivity (Wildman–Crippen MR) is 107 cm³/mol. The molecule has 0 bridgehead atoms. The van der Waals surface area contributed by atoms with Gasteiger partial charge in [-0.2, -0.15) is 0 Å². The summed E-state index contributed by atoms with van der Waals surface area (Å²) in [6.07, 6.45) is 8.39. The Kier molecular flexibility index (Phi) is 4.39. The van der Waals surface area contributed by atoms with Crippen molar-refractivity contribution in [2.45, 2.75) is 13.8 Å². The highest BCUT2D eigenvalue weighted by molar-refractivity contribution is 6.46. The van der Waals surface area contributed by atoms with Crippen LogP contribution >= 0.6 is 0 Å². The van der Waals surface area contributed by atoms with Crippen LogP contribution in [0.15, 0.2) is 71.0 Å². The SMILES string of the molecule is CC(C)C1=CC(=O)NC2=CC(=NC(=O)C(=O)c3c[nH]c4ccccc34)C=CC21. The number of aromatic nitrogens is 1. The second kappa shape index (κ2) is 6.88. The van der Waals surface area contributed by atoms with Crippen molar-refractivity contribution in [2.75, 3.05) is 0 Å². The Balaban J connectivity index is 1.61. The number of hydrogen-bond acceptors (Lipinski definition) is 3. The first-order valence-corrected chi connectivity index (χ1v) is 9.10. The third kappa shape index (κ3) is 3.13. The molecule has 2 aliphatic rings. The molecule has 1 aliphatic carbocycles. The predicted octanol–water partition coefficient (Wildman–Crippen LogP) is 3.10. The number of hydrogen-bond donors (Lipinski definition) is 2. The number of carbonyl (C=O) groups excluding carboxylic acids is 3. The van der Waals surface area contributed by atoms with Crippen molar-refractivity contribution < 1.29 is 14.4 Å². The van der Waals surface area contributed by atoms with Crippen LogP contribution in [0.25, 0.3) is 10.9 Å². The van der Waals surface area contributed by atoms with E-state index < -0.39 is 11.7 Å². The van der Waals surface area contributed by atoms with Crippen molar-refractivity contribution in [2.24, 2.45) is 16.8 Å². The van der Waals surface area contributed by atoms with Gasteiger partial charge in [0.1, 0.15) is 0 Å². The van der Waals surface area contributed by atoms with Crippen LogP contribution < -0.4 is 5.32 Å². The van der Waals surface area contributed by atoms with Gasteiger partial charge in [-0.15, -0.1) is 0 Å². The lowest BCUT2D eigenvalue weighted by molar-refractivity contribution is -0.116. The standard InChI is InChI=1S/C22H19N3O3/c1-12(2)16-10-20(26)25-19-9-13(7-8-15(16)19)24-22(28)21(27)17-11-23-18-6-4-3-5-14(17)18/h3-12,15,23H,1-2H3,(H,25,26). The maximum absolute atomic E-state index is 12.6. The number of carbonyl (C=O) groups is 3. The van der Waals surface area contributed by atoms with Gasteiger partial charge in [0.05, 0.1) is 11.3 Å². The van der Waals surface area contributed by atoms with E-state index in [0.29, 0.717) is 22.4 Å². The Morgan fingerprint density at radius 3 is 2.71 bits per heavy atom. The maximum Gasteiger partial charge on any atom is 0.318 e. The quantitative estimate of drug-likeness (QED) is 0.640. The highest BCUT2D eigenvalue weighted by atomic mass is 16.2. The Hall–Kier alpha value is -3.54. The summed E-state index contributed by atoms with van der Waals surface area (Å²) in [7, 11) is 0. The molecule has 1 atom stereocenters. The Morgan fingerprint density at radius 2 is 1.93 bits per heavy atom. The first kappa shape index (κ1) is 17.9. The van der Waals surface area contributed by atoms with E-state index in [9.17, 15) is 14.4 Å². The number of fused-ring (bicyclic) bond motifs is 2. The topological polar surface area (TPSA) is 91.4 Å². The van der Waals surface area contributed by atoms with Gasteiger partial charge in [0.15, 0.2) is 0 Å². The maximum atomic E-state index is 12.6. The molecule has 1 aliphatic heterocycles. The normalized spacial score (nSPS) is 20.0. The zero-order valence-corrected chi connectivity index (χ0v) is 15.5. The van der Waals surface area contributed by atoms with Gasteiger partial charge >= 0.3 is 5.91 Å². The third-order valence-corrected chi connectivity index (χ3v) is 4.95. The number of benzene rings is 1. The fraction of sp³-hybridized carbons (Fsp3) is 0.182. The van der Waals surface area contributed by atoms with Crippen LogP contribution in [0, 0.1) is 11.8 Å². The van der Waals surface area contributed by atoms with Crippen molar-refractivity contribution >= 4 is 34.2 Å². The summed E-state index contributed by atoms with van der Waals surface area (Å²) in [6.45, 7) is 4.06. The minimum Gasteiger partial charge on any atom is -0.360 e. The molecule has 0 saturated heterocycles. The van der Waals surface area contributed by atoms with Gasteiger partial charge in [-0.3, -0.25) is 14.4 Å². The van der Waals surface area contributed by atoms with Gasteiger partial charge in [-0.1, -0.05) is 38.1 Å². The molecule has 2 amide bonds. The van der Waals surface area contributed by atoms with Crippen LogP contribution in [-0.2, 0) is 9.59 Å². The van der Waals surface area contributed by atoms with Crippen molar-refractivity contribution in [3.8, 4) is 0 Å². The Morgan fingerprint density at radius 1 is 1.14 bits per heavy atom. The molecule has 6 heteroatoms. The molecule has 0 radical (unpaired) electrons. The smallest absolute Gasteiger partial charge is 0.318 e. The fourth-order valence-corrected chi connectivity index (χ4v) is 3.56. The number of nitrogens with one attached hydrogen (secondary N) is 2. The first-order chi connectivity index (χ1) is 13.4. The van der Waals surface area contributed by atoms with E-state index in [1.807, 2.05) is 38.1 Å². The lowest BCUT2D eigenvalue weighted by Crippen LogP contribution is -2.34. The average Bonchev–Trinajstić information content (AvgIpc) is 3.10. The number of Topliss-reactive ketones (excluding diaryl/α,β-unsaturated/α-hetero) is 1. The molecule has 28 heavy (non-hydrogen) atoms. The number of aromatic amines is 1. The zero-order chi connectivity index (χ0) is 19.8. The van der Waals surface area contributed by atoms with Gasteiger partial charge in [0, 0.05) is 34.8 Å². The molecule has 2 N–H and O–H groups in total. The minimum absolute atomic E-state index is 0.0453. The van der Waals surface area contributed by atoms with Crippen LogP contribution in [0.3, 0.4) is 0 Å². The van der Waals surface area contributed by atoms with Gasteiger partial charge < -0.3 is 10.3 Å². The van der Waals surface area contributed by atoms with E-state index in [1.165, 1.54) is 6.20 Å². The molecule has 0 fully saturated rings. The Bertz CT molecular complexity index is 1130. The average molecular weight is 373 g/mol. The van der Waals surface area contributed by atoms with Crippen LogP contribution in [0.5, 0.6) is 0 Å². The lowest BCUT2D eigenvalue weighted by atomic mass is 9.82. The van der Waals surface area contributed by atoms with Crippen LogP contribution in [0.1, 0.15) is 24.2 Å². The molecule has 0 spiro atoms. The number of H-pyrrole nitrogens is 1. The molecular weight excluding hydrogens is 354 g/mol. The molecule has 2 heterocycles. The van der Waals surface area contributed by atoms with E-state index in [-0.39, 0.29) is 17.7 Å². The second-order valence-corrected chi connectivity index (χ2v) is 7.14. The van der Waals surface area contributed by atoms with E-state index in [1.54, 1.807) is 24.3 Å². The molecule has 140 valence electrons. The lowest BCUT2D eigenvalue weighted by Gasteiger charge is -2.29. The summed E-state index contributed by atoms with van der Waals surface area (Å²) in [5, 5.41) is 3.48. The largest absolute Gasteiger partial charge is 0.360 e. The Labute approximate surface area is 161 Å². The summed E-state index contributed by atoms with van der Waals surface area (Å²) >= 11 is 0. The van der Waals surface area contributed by atoms with Gasteiger partial charge in [-0.05, 0) is 29.7 Å². The molecule has 0 saturated carbocycles. The van der Waals surface area contributed by atoms with Crippen molar-refractivity contribution in [1.29, 1.82) is 0 Å².